The van der Waals surface area contributed by atoms with E-state index in [0.29, 0.717) is 23.5 Å². The van der Waals surface area contributed by atoms with Crippen LogP contribution in [0.4, 0.5) is 10.1 Å². The number of anilines is 1. The Hall–Kier alpha value is -4.12. The molecule has 3 aromatic rings. The van der Waals surface area contributed by atoms with Crippen molar-refractivity contribution in [3.05, 3.63) is 83.2 Å². The summed E-state index contributed by atoms with van der Waals surface area (Å²) < 4.78 is 53.7. The van der Waals surface area contributed by atoms with E-state index < -0.39 is 34.3 Å². The maximum absolute atomic E-state index is 14.2. The molecule has 1 N–H and O–H groups in total. The lowest BCUT2D eigenvalue weighted by Gasteiger charge is -2.32. The van der Waals surface area contributed by atoms with Crippen LogP contribution in [0.15, 0.2) is 65.6 Å². The van der Waals surface area contributed by atoms with Gasteiger partial charge in [0.15, 0.2) is 11.5 Å². The van der Waals surface area contributed by atoms with Crippen LogP contribution in [0.3, 0.4) is 0 Å². The number of unbranched alkanes of at least 4 members (excludes halogenated alkanes) is 1. The molecule has 0 saturated carbocycles. The van der Waals surface area contributed by atoms with E-state index in [2.05, 4.69) is 5.32 Å². The minimum Gasteiger partial charge on any atom is -0.493 e. The molecular weight excluding hydrogens is 573 g/mol. The summed E-state index contributed by atoms with van der Waals surface area (Å²) in [6, 6.07) is 14.1. The summed E-state index contributed by atoms with van der Waals surface area (Å²) in [5.74, 6) is -0.848. The molecule has 0 aliphatic heterocycles. The number of aryl methyl sites for hydroxylation is 2. The Morgan fingerprint density at radius 1 is 0.930 bits per heavy atom. The van der Waals surface area contributed by atoms with Gasteiger partial charge in [-0.25, -0.2) is 12.8 Å². The van der Waals surface area contributed by atoms with Gasteiger partial charge in [-0.2, -0.15) is 0 Å². The van der Waals surface area contributed by atoms with Gasteiger partial charge in [0, 0.05) is 19.2 Å². The highest BCUT2D eigenvalue weighted by atomic mass is 32.2. The zero-order valence-electron chi connectivity index (χ0n) is 25.5. The van der Waals surface area contributed by atoms with Crippen LogP contribution in [0.1, 0.15) is 43.4 Å². The van der Waals surface area contributed by atoms with Crippen LogP contribution in [0, 0.1) is 19.7 Å². The summed E-state index contributed by atoms with van der Waals surface area (Å²) in [5.41, 5.74) is 2.50. The fraction of sp³-hybridized carbons (Fsp3) is 0.375. The van der Waals surface area contributed by atoms with Crippen LogP contribution in [-0.2, 0) is 26.2 Å². The van der Waals surface area contributed by atoms with E-state index in [0.717, 1.165) is 28.3 Å². The molecule has 3 rings (SSSR count). The maximum atomic E-state index is 14.2. The second-order valence-electron chi connectivity index (χ2n) is 10.3. The first-order chi connectivity index (χ1) is 20.4. The number of hydrogen-bond donors (Lipinski definition) is 1. The fourth-order valence-electron chi connectivity index (χ4n) is 4.63. The second-order valence-corrected chi connectivity index (χ2v) is 12.2. The summed E-state index contributed by atoms with van der Waals surface area (Å²) in [6.45, 7) is 7.09. The number of carbonyl (C=O) groups is 2. The zero-order valence-corrected chi connectivity index (χ0v) is 26.3. The summed E-state index contributed by atoms with van der Waals surface area (Å²) in [7, 11) is -1.47. The molecule has 3 aromatic carbocycles. The third-order valence-electron chi connectivity index (χ3n) is 6.98. The average molecular weight is 614 g/mol. The lowest BCUT2D eigenvalue weighted by Crippen LogP contribution is -2.51. The Balaban J connectivity index is 2.08. The molecule has 9 nitrogen and oxygen atoms in total. The molecule has 0 aliphatic carbocycles. The fourth-order valence-corrected chi connectivity index (χ4v) is 6.05. The number of ether oxygens (including phenoxy) is 2. The normalized spacial score (nSPS) is 11.9. The van der Waals surface area contributed by atoms with E-state index in [1.54, 1.807) is 19.1 Å². The molecule has 43 heavy (non-hydrogen) atoms. The van der Waals surface area contributed by atoms with Gasteiger partial charge in [-0.05, 0) is 80.3 Å². The highest BCUT2D eigenvalue weighted by molar-refractivity contribution is 7.92. The molecular formula is C32H40FN3O6S. The van der Waals surface area contributed by atoms with Crippen molar-refractivity contribution in [2.45, 2.75) is 58.0 Å². The van der Waals surface area contributed by atoms with E-state index in [-0.39, 0.29) is 23.1 Å². The van der Waals surface area contributed by atoms with Gasteiger partial charge in [-0.3, -0.25) is 13.9 Å². The van der Waals surface area contributed by atoms with Gasteiger partial charge < -0.3 is 19.7 Å². The van der Waals surface area contributed by atoms with Gasteiger partial charge in [0.25, 0.3) is 10.0 Å². The second kappa shape index (κ2) is 14.9. The smallest absolute Gasteiger partial charge is 0.264 e. The van der Waals surface area contributed by atoms with E-state index in [4.69, 9.17) is 9.47 Å². The Labute approximate surface area is 253 Å². The number of rotatable bonds is 14. The van der Waals surface area contributed by atoms with Crippen molar-refractivity contribution >= 4 is 27.5 Å². The van der Waals surface area contributed by atoms with Crippen molar-refractivity contribution in [2.75, 3.05) is 31.6 Å². The molecule has 1 atom stereocenters. The topological polar surface area (TPSA) is 105 Å². The quantitative estimate of drug-likeness (QED) is 0.257. The zero-order chi connectivity index (χ0) is 31.7. The van der Waals surface area contributed by atoms with Crippen molar-refractivity contribution in [2.24, 2.45) is 0 Å². The summed E-state index contributed by atoms with van der Waals surface area (Å²) in [5, 5.41) is 2.84. The Morgan fingerprint density at radius 2 is 1.56 bits per heavy atom. The van der Waals surface area contributed by atoms with E-state index in [1.165, 1.54) is 61.6 Å². The third kappa shape index (κ3) is 8.47. The van der Waals surface area contributed by atoms with Gasteiger partial charge in [-0.15, -0.1) is 0 Å². The van der Waals surface area contributed by atoms with Crippen molar-refractivity contribution in [1.82, 2.24) is 10.2 Å². The van der Waals surface area contributed by atoms with Crippen molar-refractivity contribution in [3.63, 3.8) is 0 Å². The molecule has 0 bridgehead atoms. The van der Waals surface area contributed by atoms with Crippen LogP contribution in [-0.4, -0.2) is 58.5 Å². The van der Waals surface area contributed by atoms with Crippen molar-refractivity contribution in [1.29, 1.82) is 0 Å². The molecule has 2 amide bonds. The van der Waals surface area contributed by atoms with E-state index in [1.807, 2.05) is 26.8 Å². The number of halogens is 1. The van der Waals surface area contributed by atoms with Gasteiger partial charge in [0.2, 0.25) is 11.8 Å². The lowest BCUT2D eigenvalue weighted by atomic mass is 10.1. The number of benzene rings is 3. The summed E-state index contributed by atoms with van der Waals surface area (Å²) in [6.07, 6.45) is 1.65. The summed E-state index contributed by atoms with van der Waals surface area (Å²) >= 11 is 0. The van der Waals surface area contributed by atoms with E-state index in [9.17, 15) is 22.4 Å². The molecule has 11 heteroatoms. The maximum Gasteiger partial charge on any atom is 0.264 e. The predicted molar refractivity (Wildman–Crippen MR) is 164 cm³/mol. The molecule has 232 valence electrons. The molecule has 0 heterocycles. The van der Waals surface area contributed by atoms with Gasteiger partial charge in [0.1, 0.15) is 18.4 Å². The first-order valence-corrected chi connectivity index (χ1v) is 15.5. The third-order valence-corrected chi connectivity index (χ3v) is 8.75. The molecule has 0 radical (unpaired) electrons. The number of sulfonamides is 1. The highest BCUT2D eigenvalue weighted by Gasteiger charge is 2.33. The molecule has 0 saturated heterocycles. The standard InChI is InChI=1S/C32H40FN3O6S/c1-7-8-15-34-32(38)24(4)35(20-25-9-11-26(33)12-10-25)31(37)21-36(27-17-22(2)16-23(3)18-27)43(39,40)28-13-14-29(41-5)30(19-28)42-6/h9-14,16-19,24H,7-8,15,20-21H2,1-6H3,(H,34,38)/t24-/m1/s1. The van der Waals surface area contributed by atoms with Gasteiger partial charge in [-0.1, -0.05) is 31.5 Å². The van der Waals surface area contributed by atoms with Crippen LogP contribution in [0.25, 0.3) is 0 Å². The number of carbonyl (C=O) groups excluding carboxylic acids is 2. The van der Waals surface area contributed by atoms with Gasteiger partial charge >= 0.3 is 0 Å². The molecule has 0 unspecified atom stereocenters. The average Bonchev–Trinajstić information content (AvgIpc) is 2.98. The SMILES string of the molecule is CCCCNC(=O)[C@@H](C)N(Cc1ccc(F)cc1)C(=O)CN(c1cc(C)cc(C)c1)S(=O)(=O)c1ccc(OC)c(OC)c1. The minimum atomic E-state index is -4.32. The minimum absolute atomic E-state index is 0.0292. The number of nitrogens with zero attached hydrogens (tertiary/aromatic N) is 2. The number of hydrogen-bond acceptors (Lipinski definition) is 6. The van der Waals surface area contributed by atoms with Crippen molar-refractivity contribution in [3.8, 4) is 11.5 Å². The highest BCUT2D eigenvalue weighted by Crippen LogP contribution is 2.33. The number of nitrogens with one attached hydrogen (secondary N) is 1. The first-order valence-electron chi connectivity index (χ1n) is 14.1. The summed E-state index contributed by atoms with van der Waals surface area (Å²) in [4.78, 5) is 28.4. The van der Waals surface area contributed by atoms with Crippen LogP contribution in [0.5, 0.6) is 11.5 Å². The monoisotopic (exact) mass is 613 g/mol. The largest absolute Gasteiger partial charge is 0.493 e. The molecule has 0 fully saturated rings. The van der Waals surface area contributed by atoms with Crippen LogP contribution < -0.4 is 19.1 Å². The number of methoxy groups -OCH3 is 2. The van der Waals surface area contributed by atoms with E-state index >= 15 is 0 Å². The molecule has 0 aromatic heterocycles. The lowest BCUT2D eigenvalue weighted by molar-refractivity contribution is -0.139. The Kier molecular flexibility index (Phi) is 11.5. The number of amides is 2. The molecule has 0 aliphatic rings. The van der Waals surface area contributed by atoms with Gasteiger partial charge in [0.05, 0.1) is 24.8 Å². The Bertz CT molecular complexity index is 1510. The van der Waals surface area contributed by atoms with Crippen LogP contribution >= 0.6 is 0 Å². The first kappa shape index (κ1) is 33.4. The predicted octanol–water partition coefficient (Wildman–Crippen LogP) is 4.99. The van der Waals surface area contributed by atoms with Crippen LogP contribution in [0.2, 0.25) is 0 Å². The molecule has 0 spiro atoms. The van der Waals surface area contributed by atoms with Crippen molar-refractivity contribution < 1.29 is 31.9 Å². The Morgan fingerprint density at radius 3 is 2.14 bits per heavy atom.